The maximum absolute atomic E-state index is 14.2. The molecule has 0 unspecified atom stereocenters. The molecule has 1 aromatic heterocycles. The molecule has 0 radical (unpaired) electrons. The van der Waals surface area contributed by atoms with Crippen molar-refractivity contribution in [3.05, 3.63) is 48.3 Å². The Morgan fingerprint density at radius 2 is 1.96 bits per heavy atom. The standard InChI is InChI=1S/C20H16FNO5/c1-2-24-20(23)10-25-17-8-15(12-5-3-4-6-14(12)21)22-16-9-19-18(7-13(16)17)26-11-27-19/h3-9H,2,10-11H2,1H3. The molecule has 27 heavy (non-hydrogen) atoms. The number of hydrogen-bond acceptors (Lipinski definition) is 6. The fraction of sp³-hybridized carbons (Fsp3) is 0.200. The minimum atomic E-state index is -0.490. The summed E-state index contributed by atoms with van der Waals surface area (Å²) in [6.07, 6.45) is 0. The highest BCUT2D eigenvalue weighted by atomic mass is 19.1. The predicted molar refractivity (Wildman–Crippen MR) is 95.4 cm³/mol. The number of carbonyl (C=O) groups is 1. The monoisotopic (exact) mass is 369 g/mol. The molecular weight excluding hydrogens is 353 g/mol. The lowest BCUT2D eigenvalue weighted by molar-refractivity contribution is -0.145. The van der Waals surface area contributed by atoms with Crippen LogP contribution in [0.2, 0.25) is 0 Å². The maximum Gasteiger partial charge on any atom is 0.344 e. The summed E-state index contributed by atoms with van der Waals surface area (Å²) in [5.41, 5.74) is 1.26. The van der Waals surface area contributed by atoms with Gasteiger partial charge in [-0.15, -0.1) is 0 Å². The Balaban J connectivity index is 1.82. The first kappa shape index (κ1) is 17.1. The quantitative estimate of drug-likeness (QED) is 0.639. The summed E-state index contributed by atoms with van der Waals surface area (Å²) in [7, 11) is 0. The summed E-state index contributed by atoms with van der Waals surface area (Å²) >= 11 is 0. The normalized spacial score (nSPS) is 12.2. The van der Waals surface area contributed by atoms with Gasteiger partial charge < -0.3 is 18.9 Å². The van der Waals surface area contributed by atoms with Crippen molar-refractivity contribution in [2.75, 3.05) is 20.0 Å². The Bertz CT molecular complexity index is 1020. The molecule has 0 bridgehead atoms. The van der Waals surface area contributed by atoms with Crippen molar-refractivity contribution >= 4 is 16.9 Å². The van der Waals surface area contributed by atoms with Crippen molar-refractivity contribution in [1.29, 1.82) is 0 Å². The van der Waals surface area contributed by atoms with Crippen LogP contribution in [0.25, 0.3) is 22.2 Å². The number of pyridine rings is 1. The Kier molecular flexibility index (Phi) is 4.50. The number of aromatic nitrogens is 1. The zero-order chi connectivity index (χ0) is 18.8. The van der Waals surface area contributed by atoms with Crippen LogP contribution < -0.4 is 14.2 Å². The van der Waals surface area contributed by atoms with Gasteiger partial charge in [-0.05, 0) is 25.1 Å². The predicted octanol–water partition coefficient (Wildman–Crippen LogP) is 3.71. The summed E-state index contributed by atoms with van der Waals surface area (Å²) < 4.78 is 35.6. The zero-order valence-corrected chi connectivity index (χ0v) is 14.5. The van der Waals surface area contributed by atoms with Gasteiger partial charge in [0.2, 0.25) is 6.79 Å². The fourth-order valence-corrected chi connectivity index (χ4v) is 2.85. The van der Waals surface area contributed by atoms with Crippen molar-refractivity contribution in [3.63, 3.8) is 0 Å². The minimum Gasteiger partial charge on any atom is -0.481 e. The van der Waals surface area contributed by atoms with Crippen LogP contribution in [0.5, 0.6) is 17.2 Å². The van der Waals surface area contributed by atoms with Gasteiger partial charge >= 0.3 is 5.97 Å². The third-order valence-electron chi connectivity index (χ3n) is 4.07. The molecule has 4 rings (SSSR count). The van der Waals surface area contributed by atoms with Crippen LogP contribution in [0.3, 0.4) is 0 Å². The molecule has 138 valence electrons. The van der Waals surface area contributed by atoms with Gasteiger partial charge in [0.05, 0.1) is 17.8 Å². The lowest BCUT2D eigenvalue weighted by Crippen LogP contribution is -2.14. The number of hydrogen-bond donors (Lipinski definition) is 0. The molecular formula is C20H16FNO5. The van der Waals surface area contributed by atoms with E-state index in [9.17, 15) is 9.18 Å². The van der Waals surface area contributed by atoms with Crippen molar-refractivity contribution in [1.82, 2.24) is 4.98 Å². The third-order valence-corrected chi connectivity index (χ3v) is 4.07. The zero-order valence-electron chi connectivity index (χ0n) is 14.5. The van der Waals surface area contributed by atoms with Gasteiger partial charge in [-0.2, -0.15) is 0 Å². The largest absolute Gasteiger partial charge is 0.481 e. The second kappa shape index (κ2) is 7.11. The number of fused-ring (bicyclic) bond motifs is 2. The molecule has 1 aliphatic heterocycles. The Labute approximate surface area is 154 Å². The van der Waals surface area contributed by atoms with Crippen LogP contribution in [0.1, 0.15) is 6.92 Å². The Morgan fingerprint density at radius 1 is 1.19 bits per heavy atom. The first-order valence-corrected chi connectivity index (χ1v) is 8.43. The Hall–Kier alpha value is -3.35. The van der Waals surface area contributed by atoms with Gasteiger partial charge in [0.25, 0.3) is 0 Å². The average molecular weight is 369 g/mol. The number of ether oxygens (including phenoxy) is 4. The highest BCUT2D eigenvalue weighted by Gasteiger charge is 2.19. The van der Waals surface area contributed by atoms with Gasteiger partial charge in [-0.25, -0.2) is 14.2 Å². The van der Waals surface area contributed by atoms with E-state index in [1.807, 2.05) is 0 Å². The summed E-state index contributed by atoms with van der Waals surface area (Å²) in [4.78, 5) is 16.2. The number of carbonyl (C=O) groups excluding carboxylic acids is 1. The highest BCUT2D eigenvalue weighted by Crippen LogP contribution is 2.40. The van der Waals surface area contributed by atoms with Crippen molar-refractivity contribution in [3.8, 4) is 28.5 Å². The van der Waals surface area contributed by atoms with E-state index in [-0.39, 0.29) is 20.0 Å². The molecule has 0 fully saturated rings. The van der Waals surface area contributed by atoms with Crippen LogP contribution in [0.15, 0.2) is 42.5 Å². The third kappa shape index (κ3) is 3.36. The van der Waals surface area contributed by atoms with Crippen molar-refractivity contribution in [2.24, 2.45) is 0 Å². The van der Waals surface area contributed by atoms with Crippen molar-refractivity contribution in [2.45, 2.75) is 6.92 Å². The van der Waals surface area contributed by atoms with Crippen LogP contribution in [0.4, 0.5) is 4.39 Å². The van der Waals surface area contributed by atoms with E-state index in [4.69, 9.17) is 18.9 Å². The first-order chi connectivity index (χ1) is 13.2. The molecule has 0 saturated carbocycles. The molecule has 7 heteroatoms. The van der Waals surface area contributed by atoms with Crippen LogP contribution in [-0.4, -0.2) is 31.0 Å². The molecule has 6 nitrogen and oxygen atoms in total. The molecule has 2 aromatic carbocycles. The summed E-state index contributed by atoms with van der Waals surface area (Å²) in [5.74, 6) is 0.600. The highest BCUT2D eigenvalue weighted by molar-refractivity contribution is 5.91. The lowest BCUT2D eigenvalue weighted by atomic mass is 10.1. The molecule has 2 heterocycles. The summed E-state index contributed by atoms with van der Waals surface area (Å²) in [5, 5.41) is 0.628. The minimum absolute atomic E-state index is 0.116. The van der Waals surface area contributed by atoms with E-state index in [0.29, 0.717) is 39.4 Å². The van der Waals surface area contributed by atoms with E-state index in [2.05, 4.69) is 4.98 Å². The summed E-state index contributed by atoms with van der Waals surface area (Å²) in [6.45, 7) is 1.83. The van der Waals surface area contributed by atoms with Gasteiger partial charge in [-0.1, -0.05) is 12.1 Å². The van der Waals surface area contributed by atoms with Crippen LogP contribution in [0, 0.1) is 5.82 Å². The average Bonchev–Trinajstić information content (AvgIpc) is 3.12. The van der Waals surface area contributed by atoms with Crippen molar-refractivity contribution < 1.29 is 28.1 Å². The van der Waals surface area contributed by atoms with E-state index in [1.54, 1.807) is 43.3 Å². The Morgan fingerprint density at radius 3 is 2.74 bits per heavy atom. The number of esters is 1. The van der Waals surface area contributed by atoms with Crippen LogP contribution in [-0.2, 0) is 9.53 Å². The number of benzene rings is 2. The molecule has 0 aliphatic carbocycles. The van der Waals surface area contributed by atoms with Gasteiger partial charge in [-0.3, -0.25) is 0 Å². The molecule has 3 aromatic rings. The number of nitrogens with zero attached hydrogens (tertiary/aromatic N) is 1. The van der Waals surface area contributed by atoms with Gasteiger partial charge in [0.1, 0.15) is 11.6 Å². The molecule has 0 amide bonds. The number of rotatable bonds is 5. The molecule has 1 aliphatic rings. The molecule has 0 saturated heterocycles. The smallest absolute Gasteiger partial charge is 0.344 e. The van der Waals surface area contributed by atoms with Gasteiger partial charge in [0.15, 0.2) is 18.1 Å². The van der Waals surface area contributed by atoms with E-state index in [1.165, 1.54) is 6.07 Å². The second-order valence-corrected chi connectivity index (χ2v) is 5.80. The summed E-state index contributed by atoms with van der Waals surface area (Å²) in [6, 6.07) is 11.4. The second-order valence-electron chi connectivity index (χ2n) is 5.80. The molecule has 0 atom stereocenters. The SMILES string of the molecule is CCOC(=O)COc1cc(-c2ccccc2F)nc2cc3c(cc12)OCO3. The fourth-order valence-electron chi connectivity index (χ4n) is 2.85. The first-order valence-electron chi connectivity index (χ1n) is 8.43. The molecule has 0 N–H and O–H groups in total. The van der Waals surface area contributed by atoms with E-state index in [0.717, 1.165) is 0 Å². The van der Waals surface area contributed by atoms with E-state index < -0.39 is 11.8 Å². The molecule has 0 spiro atoms. The number of halogens is 1. The van der Waals surface area contributed by atoms with E-state index >= 15 is 0 Å². The van der Waals surface area contributed by atoms with Crippen LogP contribution >= 0.6 is 0 Å². The maximum atomic E-state index is 14.2. The topological polar surface area (TPSA) is 66.9 Å². The lowest BCUT2D eigenvalue weighted by Gasteiger charge is -2.12. The van der Waals surface area contributed by atoms with Gasteiger partial charge in [0, 0.05) is 23.1 Å².